The summed E-state index contributed by atoms with van der Waals surface area (Å²) >= 11 is 0. The Hall–Kier alpha value is -3.42. The number of aromatic nitrogens is 3. The van der Waals surface area contributed by atoms with Crippen LogP contribution >= 0.6 is 0 Å². The Labute approximate surface area is 143 Å². The van der Waals surface area contributed by atoms with Gasteiger partial charge in [-0.3, -0.25) is 19.6 Å². The molecule has 0 spiro atoms. The van der Waals surface area contributed by atoms with E-state index in [2.05, 4.69) is 10.4 Å². The molecule has 0 bridgehead atoms. The molecule has 1 atom stereocenters. The Kier molecular flexibility index (Phi) is 4.34. The van der Waals surface area contributed by atoms with Crippen LogP contribution in [0.5, 0.6) is 0 Å². The topological polar surface area (TPSA) is 95.0 Å². The van der Waals surface area contributed by atoms with Crippen molar-refractivity contribution >= 4 is 11.6 Å². The number of rotatable bonds is 5. The maximum Gasteiger partial charge on any atom is 0.320 e. The molecule has 1 amide bonds. The van der Waals surface area contributed by atoms with Crippen LogP contribution in [0.3, 0.4) is 0 Å². The fraction of sp³-hybridized carbons (Fsp3) is 0.176. The molecule has 2 aromatic heterocycles. The molecule has 0 fully saturated rings. The molecule has 1 aromatic carbocycles. The minimum absolute atomic E-state index is 0.194. The molecule has 128 valence electrons. The average molecular weight is 339 g/mol. The van der Waals surface area contributed by atoms with Gasteiger partial charge in [-0.25, -0.2) is 0 Å². The number of carbonyl (C=O) groups excluding carboxylic acids is 1. The molecule has 1 N–H and O–H groups in total. The molecular formula is C17H17N5O3. The molecule has 0 saturated heterocycles. The van der Waals surface area contributed by atoms with Gasteiger partial charge in [-0.05, 0) is 36.8 Å². The molecule has 25 heavy (non-hydrogen) atoms. The maximum absolute atomic E-state index is 12.4. The smallest absolute Gasteiger partial charge is 0.320 e. The van der Waals surface area contributed by atoms with Crippen LogP contribution in [0.4, 0.5) is 5.69 Å². The van der Waals surface area contributed by atoms with Gasteiger partial charge >= 0.3 is 5.69 Å². The fourth-order valence-corrected chi connectivity index (χ4v) is 2.58. The van der Waals surface area contributed by atoms with Crippen LogP contribution in [0.15, 0.2) is 55.0 Å². The van der Waals surface area contributed by atoms with Crippen molar-refractivity contribution in [1.29, 1.82) is 0 Å². The van der Waals surface area contributed by atoms with E-state index in [9.17, 15) is 14.9 Å². The molecule has 0 aliphatic heterocycles. The number of hydrogen-bond acceptors (Lipinski definition) is 4. The van der Waals surface area contributed by atoms with Crippen molar-refractivity contribution in [3.05, 3.63) is 76.4 Å². The lowest BCUT2D eigenvalue weighted by Gasteiger charge is -2.15. The van der Waals surface area contributed by atoms with E-state index in [-0.39, 0.29) is 17.4 Å². The molecule has 3 aromatic rings. The average Bonchev–Trinajstić information content (AvgIpc) is 3.24. The van der Waals surface area contributed by atoms with Crippen LogP contribution in [-0.4, -0.2) is 25.2 Å². The van der Waals surface area contributed by atoms with Gasteiger partial charge in [0.2, 0.25) is 5.69 Å². The Balaban J connectivity index is 1.81. The summed E-state index contributed by atoms with van der Waals surface area (Å²) in [6.45, 7) is 1.82. The van der Waals surface area contributed by atoms with Gasteiger partial charge in [0.15, 0.2) is 0 Å². The first-order valence-corrected chi connectivity index (χ1v) is 7.68. The standard InChI is InChI=1S/C17H17N5O3/c1-12(13-6-5-7-14(10-13)21-8-3-4-9-21)18-17(23)16-15(22(24)25)11-20(2)19-16/h3-12H,1-2H3,(H,18,23). The summed E-state index contributed by atoms with van der Waals surface area (Å²) in [5, 5.41) is 17.7. The van der Waals surface area contributed by atoms with Gasteiger partial charge in [0.05, 0.1) is 11.0 Å². The highest BCUT2D eigenvalue weighted by Gasteiger charge is 2.26. The highest BCUT2D eigenvalue weighted by atomic mass is 16.6. The second kappa shape index (κ2) is 6.60. The summed E-state index contributed by atoms with van der Waals surface area (Å²) < 4.78 is 3.21. The minimum Gasteiger partial charge on any atom is -0.344 e. The first kappa shape index (κ1) is 16.4. The van der Waals surface area contributed by atoms with Crippen LogP contribution in [0.25, 0.3) is 5.69 Å². The lowest BCUT2D eigenvalue weighted by atomic mass is 10.1. The molecule has 8 heteroatoms. The van der Waals surface area contributed by atoms with Crippen LogP contribution in [0.2, 0.25) is 0 Å². The van der Waals surface area contributed by atoms with Gasteiger partial charge in [-0.1, -0.05) is 12.1 Å². The molecular weight excluding hydrogens is 322 g/mol. The largest absolute Gasteiger partial charge is 0.344 e. The van der Waals surface area contributed by atoms with Crippen molar-refractivity contribution in [2.45, 2.75) is 13.0 Å². The molecule has 2 heterocycles. The van der Waals surface area contributed by atoms with E-state index in [0.29, 0.717) is 0 Å². The predicted octanol–water partition coefficient (Wildman–Crippen LogP) is 2.61. The van der Waals surface area contributed by atoms with Crippen LogP contribution in [0, 0.1) is 10.1 Å². The van der Waals surface area contributed by atoms with Gasteiger partial charge < -0.3 is 9.88 Å². The Bertz CT molecular complexity index is 914. The summed E-state index contributed by atoms with van der Waals surface area (Å²) in [5.41, 5.74) is 1.35. The van der Waals surface area contributed by atoms with E-state index in [4.69, 9.17) is 0 Å². The van der Waals surface area contributed by atoms with E-state index in [0.717, 1.165) is 11.3 Å². The third-order valence-electron chi connectivity index (χ3n) is 3.84. The Morgan fingerprint density at radius 3 is 2.68 bits per heavy atom. The molecule has 0 saturated carbocycles. The fourth-order valence-electron chi connectivity index (χ4n) is 2.58. The normalized spacial score (nSPS) is 11.9. The third kappa shape index (κ3) is 3.42. The molecule has 8 nitrogen and oxygen atoms in total. The molecule has 0 aliphatic rings. The zero-order chi connectivity index (χ0) is 18.0. The molecule has 1 unspecified atom stereocenters. The first-order valence-electron chi connectivity index (χ1n) is 7.68. The van der Waals surface area contributed by atoms with Gasteiger partial charge in [-0.2, -0.15) is 5.10 Å². The lowest BCUT2D eigenvalue weighted by molar-refractivity contribution is -0.385. The van der Waals surface area contributed by atoms with Crippen LogP contribution in [0.1, 0.15) is 29.0 Å². The second-order valence-electron chi connectivity index (χ2n) is 5.67. The minimum atomic E-state index is -0.612. The summed E-state index contributed by atoms with van der Waals surface area (Å²) in [6, 6.07) is 11.2. The third-order valence-corrected chi connectivity index (χ3v) is 3.84. The summed E-state index contributed by atoms with van der Waals surface area (Å²) in [4.78, 5) is 22.8. The second-order valence-corrected chi connectivity index (χ2v) is 5.67. The van der Waals surface area contributed by atoms with Crippen LogP contribution < -0.4 is 5.32 Å². The summed E-state index contributed by atoms with van der Waals surface area (Å²) in [7, 11) is 1.54. The summed E-state index contributed by atoms with van der Waals surface area (Å²) in [5.74, 6) is -0.578. The number of aryl methyl sites for hydroxylation is 1. The van der Waals surface area contributed by atoms with Gasteiger partial charge in [0, 0.05) is 25.1 Å². The quantitative estimate of drug-likeness (QED) is 0.571. The van der Waals surface area contributed by atoms with E-state index in [1.54, 1.807) is 0 Å². The van der Waals surface area contributed by atoms with Crippen molar-refractivity contribution in [3.8, 4) is 5.69 Å². The van der Waals surface area contributed by atoms with Crippen LogP contribution in [-0.2, 0) is 7.05 Å². The zero-order valence-electron chi connectivity index (χ0n) is 13.8. The Morgan fingerprint density at radius 2 is 2.00 bits per heavy atom. The number of carbonyl (C=O) groups is 1. The van der Waals surface area contributed by atoms with Gasteiger partial charge in [0.1, 0.15) is 6.20 Å². The van der Waals surface area contributed by atoms with Gasteiger partial charge in [0.25, 0.3) is 5.91 Å². The highest BCUT2D eigenvalue weighted by Crippen LogP contribution is 2.20. The van der Waals surface area contributed by atoms with Crippen molar-refractivity contribution < 1.29 is 9.72 Å². The highest BCUT2D eigenvalue weighted by molar-refractivity contribution is 5.96. The maximum atomic E-state index is 12.4. The first-order chi connectivity index (χ1) is 12.0. The number of nitro groups is 1. The van der Waals surface area contributed by atoms with Crippen molar-refractivity contribution in [1.82, 2.24) is 19.7 Å². The molecule has 0 aliphatic carbocycles. The Morgan fingerprint density at radius 1 is 1.28 bits per heavy atom. The number of nitrogens with one attached hydrogen (secondary N) is 1. The predicted molar refractivity (Wildman–Crippen MR) is 91.5 cm³/mol. The van der Waals surface area contributed by atoms with E-state index >= 15 is 0 Å². The van der Waals surface area contributed by atoms with Crippen molar-refractivity contribution in [3.63, 3.8) is 0 Å². The molecule has 3 rings (SSSR count). The van der Waals surface area contributed by atoms with E-state index < -0.39 is 10.8 Å². The van der Waals surface area contributed by atoms with Gasteiger partial charge in [-0.15, -0.1) is 0 Å². The number of nitrogens with zero attached hydrogens (tertiary/aromatic N) is 4. The lowest BCUT2D eigenvalue weighted by Crippen LogP contribution is -2.27. The van der Waals surface area contributed by atoms with Crippen molar-refractivity contribution in [2.24, 2.45) is 7.05 Å². The number of amides is 1. The van der Waals surface area contributed by atoms with E-state index in [1.165, 1.54) is 17.9 Å². The number of benzene rings is 1. The van der Waals surface area contributed by atoms with E-state index in [1.807, 2.05) is 60.3 Å². The SMILES string of the molecule is CC(NC(=O)c1nn(C)cc1[N+](=O)[O-])c1cccc(-n2cccc2)c1. The monoisotopic (exact) mass is 339 g/mol. The van der Waals surface area contributed by atoms with Crippen molar-refractivity contribution in [2.75, 3.05) is 0 Å². The molecule has 0 radical (unpaired) electrons. The number of hydrogen-bond donors (Lipinski definition) is 1. The summed E-state index contributed by atoms with van der Waals surface area (Å²) in [6.07, 6.45) is 5.07. The zero-order valence-corrected chi connectivity index (χ0v) is 13.8.